The molecule has 1 atom stereocenters. The Labute approximate surface area is 127 Å². The van der Waals surface area contributed by atoms with Crippen LogP contribution < -0.4 is 10.1 Å². The van der Waals surface area contributed by atoms with Gasteiger partial charge in [0, 0.05) is 11.8 Å². The maximum absolute atomic E-state index is 13.1. The first-order valence-electron chi connectivity index (χ1n) is 6.77. The van der Waals surface area contributed by atoms with Gasteiger partial charge >= 0.3 is 0 Å². The molecule has 22 heavy (non-hydrogen) atoms. The molecule has 1 aromatic carbocycles. The van der Waals surface area contributed by atoms with Crippen LogP contribution in [0.4, 0.5) is 8.78 Å². The lowest BCUT2D eigenvalue weighted by atomic mass is 10.3. The van der Waals surface area contributed by atoms with Crippen LogP contribution >= 0.6 is 0 Å². The van der Waals surface area contributed by atoms with E-state index in [9.17, 15) is 13.6 Å². The number of halogens is 2. The predicted octanol–water partition coefficient (Wildman–Crippen LogP) is 2.75. The third kappa shape index (κ3) is 4.25. The number of carbonyl (C=O) groups excluding carboxylic acids is 1. The summed E-state index contributed by atoms with van der Waals surface area (Å²) < 4.78 is 31.2. The van der Waals surface area contributed by atoms with Crippen LogP contribution in [0.5, 0.6) is 5.75 Å². The minimum Gasteiger partial charge on any atom is -0.481 e. The average molecular weight is 306 g/mol. The summed E-state index contributed by atoms with van der Waals surface area (Å²) in [6.07, 6.45) is -0.838. The number of amides is 1. The second-order valence-corrected chi connectivity index (χ2v) is 4.82. The number of nitrogens with one attached hydrogen (secondary N) is 1. The number of benzene rings is 1. The highest BCUT2D eigenvalue weighted by Gasteiger charge is 2.15. The molecule has 0 aliphatic rings. The predicted molar refractivity (Wildman–Crippen MR) is 77.3 cm³/mol. The first-order chi connectivity index (χ1) is 10.5. The van der Waals surface area contributed by atoms with Gasteiger partial charge in [0.1, 0.15) is 5.75 Å². The molecule has 0 aliphatic carbocycles. The number of pyridine rings is 1. The molecule has 1 unspecified atom stereocenters. The lowest BCUT2D eigenvalue weighted by Crippen LogP contribution is -2.36. The van der Waals surface area contributed by atoms with E-state index < -0.39 is 17.7 Å². The fourth-order valence-electron chi connectivity index (χ4n) is 1.83. The molecule has 0 bridgehead atoms. The van der Waals surface area contributed by atoms with Gasteiger partial charge in [0.05, 0.1) is 12.2 Å². The summed E-state index contributed by atoms with van der Waals surface area (Å²) in [5, 5.41) is 2.68. The largest absolute Gasteiger partial charge is 0.481 e. The highest BCUT2D eigenvalue weighted by atomic mass is 19.2. The van der Waals surface area contributed by atoms with Gasteiger partial charge in [-0.05, 0) is 38.1 Å². The van der Waals surface area contributed by atoms with Crippen LogP contribution in [0.15, 0.2) is 36.4 Å². The van der Waals surface area contributed by atoms with Crippen LogP contribution in [-0.4, -0.2) is 17.0 Å². The molecule has 1 N–H and O–H groups in total. The summed E-state index contributed by atoms with van der Waals surface area (Å²) in [6, 6.07) is 8.64. The van der Waals surface area contributed by atoms with Gasteiger partial charge in [-0.2, -0.15) is 0 Å². The Bertz CT molecular complexity index is 677. The molecule has 0 aliphatic heterocycles. The molecule has 116 valence electrons. The monoisotopic (exact) mass is 306 g/mol. The van der Waals surface area contributed by atoms with Crippen LogP contribution in [0, 0.1) is 18.6 Å². The third-order valence-electron chi connectivity index (χ3n) is 2.96. The number of aromatic nitrogens is 1. The van der Waals surface area contributed by atoms with E-state index in [0.717, 1.165) is 23.5 Å². The first kappa shape index (κ1) is 15.9. The number of hydrogen-bond donors (Lipinski definition) is 1. The topological polar surface area (TPSA) is 51.2 Å². The van der Waals surface area contributed by atoms with Crippen molar-refractivity contribution in [1.29, 1.82) is 0 Å². The van der Waals surface area contributed by atoms with Crippen molar-refractivity contribution in [2.24, 2.45) is 0 Å². The zero-order chi connectivity index (χ0) is 16.1. The number of nitrogens with zero attached hydrogens (tertiary/aromatic N) is 1. The Morgan fingerprint density at radius 1 is 1.27 bits per heavy atom. The maximum atomic E-state index is 13.1. The molecule has 2 rings (SSSR count). The Balaban J connectivity index is 1.90. The van der Waals surface area contributed by atoms with E-state index in [-0.39, 0.29) is 18.2 Å². The van der Waals surface area contributed by atoms with Crippen molar-refractivity contribution in [3.05, 3.63) is 59.4 Å². The number of aryl methyl sites for hydroxylation is 1. The number of carbonyl (C=O) groups is 1. The van der Waals surface area contributed by atoms with E-state index in [1.54, 1.807) is 6.07 Å². The van der Waals surface area contributed by atoms with Gasteiger partial charge < -0.3 is 10.1 Å². The van der Waals surface area contributed by atoms with Crippen LogP contribution in [-0.2, 0) is 11.3 Å². The summed E-state index contributed by atoms with van der Waals surface area (Å²) in [4.78, 5) is 16.2. The van der Waals surface area contributed by atoms with Gasteiger partial charge in [0.15, 0.2) is 17.7 Å². The molecule has 4 nitrogen and oxygen atoms in total. The summed E-state index contributed by atoms with van der Waals surface area (Å²) in [5.41, 5.74) is 1.59. The van der Waals surface area contributed by atoms with Gasteiger partial charge in [-0.25, -0.2) is 8.78 Å². The van der Waals surface area contributed by atoms with E-state index >= 15 is 0 Å². The highest BCUT2D eigenvalue weighted by Crippen LogP contribution is 2.16. The Kier molecular flexibility index (Phi) is 5.04. The summed E-state index contributed by atoms with van der Waals surface area (Å²) >= 11 is 0. The molecule has 1 heterocycles. The maximum Gasteiger partial charge on any atom is 0.261 e. The smallest absolute Gasteiger partial charge is 0.261 e. The molecule has 1 aromatic heterocycles. The van der Waals surface area contributed by atoms with Crippen molar-refractivity contribution in [3.63, 3.8) is 0 Å². The highest BCUT2D eigenvalue weighted by molar-refractivity contribution is 5.80. The van der Waals surface area contributed by atoms with E-state index in [1.807, 2.05) is 19.1 Å². The van der Waals surface area contributed by atoms with Crippen LogP contribution in [0.1, 0.15) is 18.3 Å². The summed E-state index contributed by atoms with van der Waals surface area (Å²) in [6.45, 7) is 3.66. The van der Waals surface area contributed by atoms with E-state index in [0.29, 0.717) is 0 Å². The number of hydrogen-bond acceptors (Lipinski definition) is 3. The first-order valence-corrected chi connectivity index (χ1v) is 6.77. The van der Waals surface area contributed by atoms with Crippen molar-refractivity contribution in [2.45, 2.75) is 26.5 Å². The summed E-state index contributed by atoms with van der Waals surface area (Å²) in [5.74, 6) is -2.26. The number of rotatable bonds is 5. The zero-order valence-corrected chi connectivity index (χ0v) is 12.3. The number of ether oxygens (including phenoxy) is 1. The SMILES string of the molecule is Cc1cccc(CNC(=O)C(C)Oc2ccc(F)c(F)c2)n1. The van der Waals surface area contributed by atoms with E-state index in [2.05, 4.69) is 10.3 Å². The molecular formula is C16H16F2N2O2. The van der Waals surface area contributed by atoms with Gasteiger partial charge in [-0.15, -0.1) is 0 Å². The van der Waals surface area contributed by atoms with Crippen LogP contribution in [0.25, 0.3) is 0 Å². The van der Waals surface area contributed by atoms with Crippen LogP contribution in [0.2, 0.25) is 0 Å². The lowest BCUT2D eigenvalue weighted by Gasteiger charge is -2.14. The third-order valence-corrected chi connectivity index (χ3v) is 2.96. The standard InChI is InChI=1S/C16H16F2N2O2/c1-10-4-3-5-12(20-10)9-19-16(21)11(2)22-13-6-7-14(17)15(18)8-13/h3-8,11H,9H2,1-2H3,(H,19,21). The van der Waals surface area contributed by atoms with Gasteiger partial charge in [0.2, 0.25) is 0 Å². The average Bonchev–Trinajstić information content (AvgIpc) is 2.48. The Morgan fingerprint density at radius 2 is 2.05 bits per heavy atom. The molecule has 6 heteroatoms. The fraction of sp³-hybridized carbons (Fsp3) is 0.250. The molecule has 0 spiro atoms. The van der Waals surface area contributed by atoms with Crippen molar-refractivity contribution in [1.82, 2.24) is 10.3 Å². The minimum absolute atomic E-state index is 0.0928. The quantitative estimate of drug-likeness (QED) is 0.924. The summed E-state index contributed by atoms with van der Waals surface area (Å²) in [7, 11) is 0. The Morgan fingerprint density at radius 3 is 2.73 bits per heavy atom. The molecule has 0 saturated carbocycles. The zero-order valence-electron chi connectivity index (χ0n) is 12.3. The molecule has 0 fully saturated rings. The van der Waals surface area contributed by atoms with E-state index in [1.165, 1.54) is 13.0 Å². The second kappa shape index (κ2) is 6.98. The molecule has 1 amide bonds. The molecule has 0 radical (unpaired) electrons. The van der Waals surface area contributed by atoms with Crippen molar-refractivity contribution < 1.29 is 18.3 Å². The lowest BCUT2D eigenvalue weighted by molar-refractivity contribution is -0.127. The van der Waals surface area contributed by atoms with Crippen LogP contribution in [0.3, 0.4) is 0 Å². The fourth-order valence-corrected chi connectivity index (χ4v) is 1.83. The van der Waals surface area contributed by atoms with Crippen molar-refractivity contribution in [2.75, 3.05) is 0 Å². The van der Waals surface area contributed by atoms with Gasteiger partial charge in [-0.1, -0.05) is 6.07 Å². The molecular weight excluding hydrogens is 290 g/mol. The van der Waals surface area contributed by atoms with Gasteiger partial charge in [-0.3, -0.25) is 9.78 Å². The van der Waals surface area contributed by atoms with Crippen molar-refractivity contribution in [3.8, 4) is 5.75 Å². The normalized spacial score (nSPS) is 11.8. The Hall–Kier alpha value is -2.50. The van der Waals surface area contributed by atoms with Crippen molar-refractivity contribution >= 4 is 5.91 Å². The second-order valence-electron chi connectivity index (χ2n) is 4.82. The minimum atomic E-state index is -1.02. The molecule has 0 saturated heterocycles. The van der Waals surface area contributed by atoms with E-state index in [4.69, 9.17) is 4.74 Å². The molecule has 2 aromatic rings. The van der Waals surface area contributed by atoms with Gasteiger partial charge in [0.25, 0.3) is 5.91 Å².